The van der Waals surface area contributed by atoms with Gasteiger partial charge in [-0.15, -0.1) is 0 Å². The second-order valence-corrected chi connectivity index (χ2v) is 5.48. The van der Waals surface area contributed by atoms with Crippen LogP contribution in [-0.2, 0) is 13.0 Å². The van der Waals surface area contributed by atoms with E-state index in [1.54, 1.807) is 6.33 Å². The minimum atomic E-state index is 0.923. The highest BCUT2D eigenvalue weighted by Crippen LogP contribution is 2.23. The number of hydrogen-bond donors (Lipinski definition) is 1. The van der Waals surface area contributed by atoms with Gasteiger partial charge in [-0.05, 0) is 24.0 Å². The van der Waals surface area contributed by atoms with E-state index in [1.165, 1.54) is 17.5 Å². The summed E-state index contributed by atoms with van der Waals surface area (Å²) >= 11 is 0. The van der Waals surface area contributed by atoms with Crippen molar-refractivity contribution in [1.82, 2.24) is 9.97 Å². The van der Waals surface area contributed by atoms with Crippen LogP contribution >= 0.6 is 0 Å². The number of nitrogens with one attached hydrogen (secondary N) is 1. The summed E-state index contributed by atoms with van der Waals surface area (Å²) in [6.07, 6.45) is 5.09. The van der Waals surface area contributed by atoms with Gasteiger partial charge in [-0.2, -0.15) is 0 Å². The van der Waals surface area contributed by atoms with Crippen LogP contribution in [0.4, 0.5) is 11.6 Å². The molecule has 1 N–H and O–H groups in total. The van der Waals surface area contributed by atoms with E-state index in [2.05, 4.69) is 57.4 Å². The van der Waals surface area contributed by atoms with E-state index >= 15 is 0 Å². The normalized spacial score (nSPS) is 13.9. The van der Waals surface area contributed by atoms with Crippen LogP contribution in [0.15, 0.2) is 36.7 Å². The Hall–Kier alpha value is -2.10. The van der Waals surface area contributed by atoms with Crippen molar-refractivity contribution in [2.75, 3.05) is 23.3 Å². The maximum Gasteiger partial charge on any atom is 0.134 e. The number of anilines is 2. The molecule has 0 saturated heterocycles. The van der Waals surface area contributed by atoms with Crippen molar-refractivity contribution < 1.29 is 0 Å². The van der Waals surface area contributed by atoms with E-state index < -0.39 is 0 Å². The Morgan fingerprint density at radius 2 is 2.05 bits per heavy atom. The van der Waals surface area contributed by atoms with E-state index in [0.717, 1.165) is 44.1 Å². The molecule has 2 heterocycles. The van der Waals surface area contributed by atoms with Crippen molar-refractivity contribution in [3.8, 4) is 0 Å². The Morgan fingerprint density at radius 3 is 2.90 bits per heavy atom. The highest BCUT2D eigenvalue weighted by atomic mass is 15.2. The van der Waals surface area contributed by atoms with Crippen molar-refractivity contribution in [3.63, 3.8) is 0 Å². The number of aromatic nitrogens is 2. The summed E-state index contributed by atoms with van der Waals surface area (Å²) in [7, 11) is 0. The molecule has 1 aromatic heterocycles. The van der Waals surface area contributed by atoms with Gasteiger partial charge in [0.1, 0.15) is 18.0 Å². The fourth-order valence-corrected chi connectivity index (χ4v) is 2.70. The Morgan fingerprint density at radius 1 is 1.19 bits per heavy atom. The van der Waals surface area contributed by atoms with Gasteiger partial charge in [-0.3, -0.25) is 0 Å². The van der Waals surface area contributed by atoms with Crippen LogP contribution < -0.4 is 10.2 Å². The molecule has 2 aromatic rings. The van der Waals surface area contributed by atoms with Gasteiger partial charge in [-0.1, -0.05) is 37.6 Å². The molecule has 0 spiro atoms. The maximum absolute atomic E-state index is 4.44. The molecular formula is C17H22N4. The summed E-state index contributed by atoms with van der Waals surface area (Å²) in [6.45, 7) is 5.11. The van der Waals surface area contributed by atoms with Crippen LogP contribution in [-0.4, -0.2) is 23.1 Å². The Balaban J connectivity index is 1.71. The Bertz CT molecular complexity index is 597. The Labute approximate surface area is 126 Å². The molecular weight excluding hydrogens is 260 g/mol. The summed E-state index contributed by atoms with van der Waals surface area (Å²) in [4.78, 5) is 11.1. The third kappa shape index (κ3) is 3.32. The summed E-state index contributed by atoms with van der Waals surface area (Å²) in [5.41, 5.74) is 2.87. The Kier molecular flexibility index (Phi) is 4.34. The average molecular weight is 282 g/mol. The lowest BCUT2D eigenvalue weighted by atomic mass is 10.00. The molecule has 0 fully saturated rings. The van der Waals surface area contributed by atoms with Gasteiger partial charge in [0.05, 0.1) is 0 Å². The first-order valence-corrected chi connectivity index (χ1v) is 7.74. The van der Waals surface area contributed by atoms with Crippen LogP contribution in [0.5, 0.6) is 0 Å². The van der Waals surface area contributed by atoms with Gasteiger partial charge in [0.2, 0.25) is 0 Å². The molecule has 1 aromatic carbocycles. The molecule has 1 aliphatic heterocycles. The SMILES string of the molecule is CCCCNc1cc(N2CCc3ccccc3C2)ncn1. The highest BCUT2D eigenvalue weighted by molar-refractivity contribution is 5.50. The molecule has 0 radical (unpaired) electrons. The van der Waals surface area contributed by atoms with Gasteiger partial charge >= 0.3 is 0 Å². The number of benzene rings is 1. The molecule has 0 saturated carbocycles. The molecule has 21 heavy (non-hydrogen) atoms. The largest absolute Gasteiger partial charge is 0.370 e. The van der Waals surface area contributed by atoms with Gasteiger partial charge in [-0.25, -0.2) is 9.97 Å². The molecule has 1 aliphatic rings. The van der Waals surface area contributed by atoms with Gasteiger partial charge in [0, 0.05) is 25.7 Å². The zero-order valence-electron chi connectivity index (χ0n) is 12.5. The van der Waals surface area contributed by atoms with Crippen molar-refractivity contribution in [1.29, 1.82) is 0 Å². The molecule has 110 valence electrons. The predicted octanol–water partition coefficient (Wildman–Crippen LogP) is 3.25. The van der Waals surface area contributed by atoms with Crippen LogP contribution in [0.1, 0.15) is 30.9 Å². The van der Waals surface area contributed by atoms with E-state index in [0.29, 0.717) is 0 Å². The number of nitrogens with zero attached hydrogens (tertiary/aromatic N) is 3. The molecule has 4 nitrogen and oxygen atoms in total. The van der Waals surface area contributed by atoms with E-state index in [-0.39, 0.29) is 0 Å². The minimum absolute atomic E-state index is 0.923. The average Bonchev–Trinajstić information content (AvgIpc) is 2.55. The first-order chi connectivity index (χ1) is 10.4. The van der Waals surface area contributed by atoms with Gasteiger partial charge in [0.25, 0.3) is 0 Å². The lowest BCUT2D eigenvalue weighted by Gasteiger charge is -2.29. The number of hydrogen-bond acceptors (Lipinski definition) is 4. The highest BCUT2D eigenvalue weighted by Gasteiger charge is 2.17. The maximum atomic E-state index is 4.44. The molecule has 0 bridgehead atoms. The van der Waals surface area contributed by atoms with E-state index in [1.807, 2.05) is 0 Å². The smallest absolute Gasteiger partial charge is 0.134 e. The van der Waals surface area contributed by atoms with Crippen molar-refractivity contribution >= 4 is 11.6 Å². The van der Waals surface area contributed by atoms with Crippen molar-refractivity contribution in [2.45, 2.75) is 32.7 Å². The van der Waals surface area contributed by atoms with Crippen LogP contribution in [0.3, 0.4) is 0 Å². The summed E-state index contributed by atoms with van der Waals surface area (Å²) in [6, 6.07) is 10.7. The quantitative estimate of drug-likeness (QED) is 0.855. The second-order valence-electron chi connectivity index (χ2n) is 5.48. The van der Waals surface area contributed by atoms with E-state index in [4.69, 9.17) is 0 Å². The van der Waals surface area contributed by atoms with Crippen molar-refractivity contribution in [2.24, 2.45) is 0 Å². The third-order valence-corrected chi connectivity index (χ3v) is 3.94. The number of unbranched alkanes of at least 4 members (excludes halogenated alkanes) is 1. The lowest BCUT2D eigenvalue weighted by Crippen LogP contribution is -2.31. The molecule has 0 atom stereocenters. The summed E-state index contributed by atoms with van der Waals surface area (Å²) in [5.74, 6) is 1.94. The molecule has 0 amide bonds. The number of fused-ring (bicyclic) bond motifs is 1. The van der Waals surface area contributed by atoms with E-state index in [9.17, 15) is 0 Å². The molecule has 4 heteroatoms. The second kappa shape index (κ2) is 6.57. The fraction of sp³-hybridized carbons (Fsp3) is 0.412. The minimum Gasteiger partial charge on any atom is -0.370 e. The van der Waals surface area contributed by atoms with Crippen LogP contribution in [0.2, 0.25) is 0 Å². The third-order valence-electron chi connectivity index (χ3n) is 3.94. The summed E-state index contributed by atoms with van der Waals surface area (Å²) in [5, 5.41) is 3.37. The van der Waals surface area contributed by atoms with Crippen molar-refractivity contribution in [3.05, 3.63) is 47.8 Å². The standard InChI is InChI=1S/C17H22N4/c1-2-3-9-18-16-11-17(20-13-19-16)21-10-8-14-6-4-5-7-15(14)12-21/h4-7,11,13H,2-3,8-10,12H2,1H3,(H,18,19,20). The topological polar surface area (TPSA) is 41.0 Å². The first-order valence-electron chi connectivity index (χ1n) is 7.74. The predicted molar refractivity (Wildman–Crippen MR) is 86.6 cm³/mol. The summed E-state index contributed by atoms with van der Waals surface area (Å²) < 4.78 is 0. The lowest BCUT2D eigenvalue weighted by molar-refractivity contribution is 0.719. The first kappa shape index (κ1) is 13.9. The monoisotopic (exact) mass is 282 g/mol. The van der Waals surface area contributed by atoms with Crippen LogP contribution in [0.25, 0.3) is 0 Å². The zero-order valence-corrected chi connectivity index (χ0v) is 12.5. The van der Waals surface area contributed by atoms with Crippen LogP contribution in [0, 0.1) is 0 Å². The number of rotatable bonds is 5. The zero-order chi connectivity index (χ0) is 14.5. The van der Waals surface area contributed by atoms with Gasteiger partial charge < -0.3 is 10.2 Å². The molecule has 0 aliphatic carbocycles. The fourth-order valence-electron chi connectivity index (χ4n) is 2.70. The molecule has 3 rings (SSSR count). The molecule has 0 unspecified atom stereocenters. The van der Waals surface area contributed by atoms with Gasteiger partial charge in [0.15, 0.2) is 0 Å².